The van der Waals surface area contributed by atoms with Gasteiger partial charge in [0.05, 0.1) is 4.99 Å². The van der Waals surface area contributed by atoms with Gasteiger partial charge in [0.1, 0.15) is 0 Å². The van der Waals surface area contributed by atoms with Crippen molar-refractivity contribution < 1.29 is 4.79 Å². The van der Waals surface area contributed by atoms with Gasteiger partial charge in [-0.25, -0.2) is 0 Å². The van der Waals surface area contributed by atoms with E-state index in [9.17, 15) is 4.79 Å². The molecule has 0 bridgehead atoms. The van der Waals surface area contributed by atoms with Gasteiger partial charge in [-0.05, 0) is 25.7 Å². The van der Waals surface area contributed by atoms with Crippen LogP contribution < -0.4 is 5.73 Å². The quantitative estimate of drug-likeness (QED) is 0.792. The number of piperidine rings is 1. The monoisotopic (exact) mass is 282 g/mol. The van der Waals surface area contributed by atoms with Gasteiger partial charge in [-0.15, -0.1) is 0 Å². The zero-order valence-corrected chi connectivity index (χ0v) is 12.6. The number of carbonyl (C=O) groups excluding carboxylic acids is 1. The molecule has 1 saturated carbocycles. The second-order valence-electron chi connectivity index (χ2n) is 6.07. The van der Waals surface area contributed by atoms with Crippen molar-refractivity contribution in [1.29, 1.82) is 0 Å². The summed E-state index contributed by atoms with van der Waals surface area (Å²) in [5.74, 6) is 0.856. The lowest BCUT2D eigenvalue weighted by Gasteiger charge is -2.35. The Labute approximate surface area is 121 Å². The summed E-state index contributed by atoms with van der Waals surface area (Å²) < 4.78 is 0. The third-order valence-electron chi connectivity index (χ3n) is 4.59. The zero-order valence-electron chi connectivity index (χ0n) is 11.8. The van der Waals surface area contributed by atoms with Gasteiger partial charge >= 0.3 is 0 Å². The normalized spacial score (nSPS) is 26.5. The molecule has 1 saturated heterocycles. The summed E-state index contributed by atoms with van der Waals surface area (Å²) in [6.07, 6.45) is 10.6. The fourth-order valence-corrected chi connectivity index (χ4v) is 3.56. The molecule has 4 heteroatoms. The van der Waals surface area contributed by atoms with Crippen molar-refractivity contribution in [2.75, 3.05) is 13.1 Å². The van der Waals surface area contributed by atoms with E-state index < -0.39 is 0 Å². The molecule has 0 radical (unpaired) electrons. The Kier molecular flexibility index (Phi) is 5.61. The molecule has 1 heterocycles. The minimum absolute atomic E-state index is 0.237. The van der Waals surface area contributed by atoms with E-state index >= 15 is 0 Å². The van der Waals surface area contributed by atoms with Gasteiger partial charge in [0.15, 0.2) is 0 Å². The van der Waals surface area contributed by atoms with Gasteiger partial charge in [0.2, 0.25) is 5.91 Å². The lowest BCUT2D eigenvalue weighted by atomic mass is 9.89. The Bertz CT molecular complexity index is 324. The molecule has 19 heavy (non-hydrogen) atoms. The second-order valence-corrected chi connectivity index (χ2v) is 6.54. The molecule has 3 nitrogen and oxygen atoms in total. The van der Waals surface area contributed by atoms with Gasteiger partial charge in [-0.2, -0.15) is 0 Å². The molecule has 1 amide bonds. The number of rotatable bonds is 2. The summed E-state index contributed by atoms with van der Waals surface area (Å²) in [7, 11) is 0. The number of carbonyl (C=O) groups is 1. The van der Waals surface area contributed by atoms with Crippen molar-refractivity contribution in [2.45, 2.75) is 57.8 Å². The fraction of sp³-hybridized carbons (Fsp3) is 0.867. The molecule has 0 spiro atoms. The molecular weight excluding hydrogens is 256 g/mol. The first-order chi connectivity index (χ1) is 9.18. The van der Waals surface area contributed by atoms with Gasteiger partial charge in [0, 0.05) is 24.9 Å². The topological polar surface area (TPSA) is 46.3 Å². The van der Waals surface area contributed by atoms with Crippen molar-refractivity contribution in [3.8, 4) is 0 Å². The third kappa shape index (κ3) is 4.16. The number of thiocarbonyl (C=S) groups is 1. The van der Waals surface area contributed by atoms with Crippen molar-refractivity contribution >= 4 is 23.1 Å². The molecule has 1 aliphatic heterocycles. The fourth-order valence-electron chi connectivity index (χ4n) is 3.37. The second kappa shape index (κ2) is 7.22. The molecule has 2 fully saturated rings. The maximum Gasteiger partial charge on any atom is 0.225 e. The molecule has 1 unspecified atom stereocenters. The SMILES string of the molecule is NC(=S)C1CCCN(C(=O)C2CCCCCCC2)C1. The van der Waals surface area contributed by atoms with Crippen molar-refractivity contribution in [1.82, 2.24) is 4.90 Å². The van der Waals surface area contributed by atoms with Crippen LogP contribution in [0.15, 0.2) is 0 Å². The van der Waals surface area contributed by atoms with Crippen LogP contribution in [0.4, 0.5) is 0 Å². The molecule has 2 aliphatic rings. The molecule has 1 aliphatic carbocycles. The van der Waals surface area contributed by atoms with Crippen LogP contribution in [0.1, 0.15) is 57.8 Å². The van der Waals surface area contributed by atoms with E-state index in [4.69, 9.17) is 18.0 Å². The van der Waals surface area contributed by atoms with Crippen LogP contribution in [0.25, 0.3) is 0 Å². The minimum Gasteiger partial charge on any atom is -0.393 e. The van der Waals surface area contributed by atoms with Crippen LogP contribution in [-0.2, 0) is 4.79 Å². The lowest BCUT2D eigenvalue weighted by Crippen LogP contribution is -2.46. The molecule has 2 N–H and O–H groups in total. The first kappa shape index (κ1) is 14.8. The third-order valence-corrected chi connectivity index (χ3v) is 4.92. The molecule has 108 valence electrons. The average Bonchev–Trinajstić information content (AvgIpc) is 2.38. The van der Waals surface area contributed by atoms with E-state index in [-0.39, 0.29) is 11.8 Å². The van der Waals surface area contributed by atoms with Crippen LogP contribution >= 0.6 is 12.2 Å². The largest absolute Gasteiger partial charge is 0.393 e. The van der Waals surface area contributed by atoms with Crippen molar-refractivity contribution in [2.24, 2.45) is 17.6 Å². The number of hydrogen-bond acceptors (Lipinski definition) is 2. The molecule has 0 aromatic carbocycles. The summed E-state index contributed by atoms with van der Waals surface area (Å²) in [5.41, 5.74) is 5.75. The van der Waals surface area contributed by atoms with E-state index in [0.29, 0.717) is 10.9 Å². The van der Waals surface area contributed by atoms with Crippen molar-refractivity contribution in [3.05, 3.63) is 0 Å². The summed E-state index contributed by atoms with van der Waals surface area (Å²) in [4.78, 5) is 15.2. The van der Waals surface area contributed by atoms with E-state index in [2.05, 4.69) is 0 Å². The molecule has 0 aromatic heterocycles. The summed E-state index contributed by atoms with van der Waals surface area (Å²) in [5, 5.41) is 0. The maximum absolute atomic E-state index is 12.6. The summed E-state index contributed by atoms with van der Waals surface area (Å²) >= 11 is 5.09. The highest BCUT2D eigenvalue weighted by atomic mass is 32.1. The van der Waals surface area contributed by atoms with Gasteiger partial charge in [-0.1, -0.05) is 44.3 Å². The molecular formula is C15H26N2OS. The number of amides is 1. The van der Waals surface area contributed by atoms with Gasteiger partial charge in [0.25, 0.3) is 0 Å². The molecule has 2 rings (SSSR count). The van der Waals surface area contributed by atoms with E-state index in [1.54, 1.807) is 0 Å². The van der Waals surface area contributed by atoms with E-state index in [0.717, 1.165) is 38.8 Å². The Morgan fingerprint density at radius 1 is 0.947 bits per heavy atom. The highest BCUT2D eigenvalue weighted by Crippen LogP contribution is 2.26. The number of hydrogen-bond donors (Lipinski definition) is 1. The van der Waals surface area contributed by atoms with Gasteiger partial charge < -0.3 is 10.6 Å². The number of nitrogens with two attached hydrogens (primary N) is 1. The summed E-state index contributed by atoms with van der Waals surface area (Å²) in [6, 6.07) is 0. The molecule has 0 aromatic rings. The first-order valence-electron chi connectivity index (χ1n) is 7.76. The smallest absolute Gasteiger partial charge is 0.225 e. The van der Waals surface area contributed by atoms with Crippen LogP contribution in [0, 0.1) is 11.8 Å². The van der Waals surface area contributed by atoms with Gasteiger partial charge in [-0.3, -0.25) is 4.79 Å². The Morgan fingerprint density at radius 2 is 1.53 bits per heavy atom. The van der Waals surface area contributed by atoms with E-state index in [1.165, 1.54) is 32.1 Å². The molecule has 1 atom stereocenters. The van der Waals surface area contributed by atoms with Crippen LogP contribution in [0.5, 0.6) is 0 Å². The minimum atomic E-state index is 0.237. The predicted molar refractivity (Wildman–Crippen MR) is 81.9 cm³/mol. The Morgan fingerprint density at radius 3 is 2.16 bits per heavy atom. The zero-order chi connectivity index (χ0) is 13.7. The Balaban J connectivity index is 1.91. The van der Waals surface area contributed by atoms with Crippen molar-refractivity contribution in [3.63, 3.8) is 0 Å². The number of likely N-dealkylation sites (tertiary alicyclic amines) is 1. The highest BCUT2D eigenvalue weighted by Gasteiger charge is 2.29. The highest BCUT2D eigenvalue weighted by molar-refractivity contribution is 7.80. The summed E-state index contributed by atoms with van der Waals surface area (Å²) in [6.45, 7) is 1.65. The first-order valence-corrected chi connectivity index (χ1v) is 8.17. The lowest BCUT2D eigenvalue weighted by molar-refractivity contribution is -0.137. The predicted octanol–water partition coefficient (Wildman–Crippen LogP) is 2.87. The maximum atomic E-state index is 12.6. The van der Waals surface area contributed by atoms with Crippen LogP contribution in [0.3, 0.4) is 0 Å². The average molecular weight is 282 g/mol. The van der Waals surface area contributed by atoms with Crippen LogP contribution in [0.2, 0.25) is 0 Å². The standard InChI is InChI=1S/C15H26N2OS/c16-14(19)13-9-6-10-17(11-13)15(18)12-7-4-2-1-3-5-8-12/h12-13H,1-11H2,(H2,16,19). The van der Waals surface area contributed by atoms with E-state index in [1.807, 2.05) is 4.90 Å². The Hall–Kier alpha value is -0.640. The van der Waals surface area contributed by atoms with Crippen LogP contribution in [-0.4, -0.2) is 28.9 Å². The number of nitrogens with zero attached hydrogens (tertiary/aromatic N) is 1.